The zero-order chi connectivity index (χ0) is 17.7. The Labute approximate surface area is 149 Å². The van der Waals surface area contributed by atoms with Gasteiger partial charge in [-0.1, -0.05) is 12.1 Å². The average Bonchev–Trinajstić information content (AvgIpc) is 2.66. The number of rotatable bonds is 12. The van der Waals surface area contributed by atoms with Crippen LogP contribution in [0.3, 0.4) is 0 Å². The molecule has 0 bridgehead atoms. The maximum atomic E-state index is 5.76. The minimum absolute atomic E-state index is 0.601. The molecule has 0 aliphatic heterocycles. The Morgan fingerprint density at radius 1 is 0.760 bits per heavy atom. The van der Waals surface area contributed by atoms with Crippen molar-refractivity contribution in [3.05, 3.63) is 48.5 Å². The molecule has 0 heterocycles. The largest absolute Gasteiger partial charge is 0.497 e. The van der Waals surface area contributed by atoms with Gasteiger partial charge in [0, 0.05) is 6.54 Å². The number of para-hydroxylation sites is 2. The molecule has 2 aromatic rings. The molecule has 0 aliphatic rings. The SMILES string of the molecule is CCOc1ccccc1OCCNCCCOc1ccc(OC)cc1. The average molecular weight is 345 g/mol. The Morgan fingerprint density at radius 3 is 2.12 bits per heavy atom. The monoisotopic (exact) mass is 345 g/mol. The summed E-state index contributed by atoms with van der Waals surface area (Å²) in [5.41, 5.74) is 0. The van der Waals surface area contributed by atoms with Crippen LogP contribution in [-0.4, -0.2) is 40.0 Å². The van der Waals surface area contributed by atoms with Crippen molar-refractivity contribution in [3.63, 3.8) is 0 Å². The summed E-state index contributed by atoms with van der Waals surface area (Å²) in [6.07, 6.45) is 0.932. The topological polar surface area (TPSA) is 49.0 Å². The van der Waals surface area contributed by atoms with E-state index in [1.165, 1.54) is 0 Å². The van der Waals surface area contributed by atoms with Crippen LogP contribution in [0.15, 0.2) is 48.5 Å². The molecule has 5 heteroatoms. The van der Waals surface area contributed by atoms with Gasteiger partial charge in [-0.25, -0.2) is 0 Å². The Bertz CT molecular complexity index is 601. The van der Waals surface area contributed by atoms with Gasteiger partial charge in [-0.05, 0) is 56.3 Å². The van der Waals surface area contributed by atoms with Crippen molar-refractivity contribution >= 4 is 0 Å². The second-order valence-corrected chi connectivity index (χ2v) is 5.36. The molecule has 2 rings (SSSR count). The highest BCUT2D eigenvalue weighted by molar-refractivity contribution is 5.39. The highest BCUT2D eigenvalue weighted by Crippen LogP contribution is 2.26. The van der Waals surface area contributed by atoms with Crippen LogP contribution in [0.25, 0.3) is 0 Å². The predicted octanol–water partition coefficient (Wildman–Crippen LogP) is 3.53. The van der Waals surface area contributed by atoms with Gasteiger partial charge < -0.3 is 24.3 Å². The molecule has 1 N–H and O–H groups in total. The molecule has 0 saturated carbocycles. The van der Waals surface area contributed by atoms with E-state index >= 15 is 0 Å². The number of ether oxygens (including phenoxy) is 4. The lowest BCUT2D eigenvalue weighted by Crippen LogP contribution is -2.23. The smallest absolute Gasteiger partial charge is 0.161 e. The molecule has 2 aromatic carbocycles. The number of nitrogens with one attached hydrogen (secondary N) is 1. The van der Waals surface area contributed by atoms with Crippen LogP contribution >= 0.6 is 0 Å². The van der Waals surface area contributed by atoms with E-state index in [2.05, 4.69) is 5.32 Å². The van der Waals surface area contributed by atoms with Gasteiger partial charge in [-0.2, -0.15) is 0 Å². The van der Waals surface area contributed by atoms with Crippen LogP contribution in [0, 0.1) is 0 Å². The molecule has 0 unspecified atom stereocenters. The van der Waals surface area contributed by atoms with Crippen molar-refractivity contribution in [1.29, 1.82) is 0 Å². The summed E-state index contributed by atoms with van der Waals surface area (Å²) < 4.78 is 22.1. The fraction of sp³-hybridized carbons (Fsp3) is 0.400. The summed E-state index contributed by atoms with van der Waals surface area (Å²) in [6.45, 7) is 5.53. The van der Waals surface area contributed by atoms with E-state index in [0.717, 1.165) is 42.5 Å². The van der Waals surface area contributed by atoms with Crippen LogP contribution in [0.5, 0.6) is 23.0 Å². The summed E-state index contributed by atoms with van der Waals surface area (Å²) in [6, 6.07) is 15.3. The van der Waals surface area contributed by atoms with Crippen LogP contribution in [-0.2, 0) is 0 Å². The van der Waals surface area contributed by atoms with Crippen molar-refractivity contribution in [2.24, 2.45) is 0 Å². The normalized spacial score (nSPS) is 10.3. The second kappa shape index (κ2) is 11.2. The Morgan fingerprint density at radius 2 is 1.44 bits per heavy atom. The van der Waals surface area contributed by atoms with Crippen molar-refractivity contribution in [1.82, 2.24) is 5.32 Å². The van der Waals surface area contributed by atoms with Gasteiger partial charge in [0.1, 0.15) is 18.1 Å². The number of hydrogen-bond acceptors (Lipinski definition) is 5. The first kappa shape index (κ1) is 18.9. The molecule has 0 aliphatic carbocycles. The first-order valence-electron chi connectivity index (χ1n) is 8.65. The summed E-state index contributed by atoms with van der Waals surface area (Å²) in [5.74, 6) is 3.27. The van der Waals surface area contributed by atoms with E-state index in [4.69, 9.17) is 18.9 Å². The Hall–Kier alpha value is -2.40. The molecule has 25 heavy (non-hydrogen) atoms. The standard InChI is InChI=1S/C20H27NO4/c1-3-23-19-7-4-5-8-20(19)25-16-14-21-13-6-15-24-18-11-9-17(22-2)10-12-18/h4-5,7-12,21H,3,6,13-16H2,1-2H3. The van der Waals surface area contributed by atoms with Crippen LogP contribution in [0.2, 0.25) is 0 Å². The predicted molar refractivity (Wildman–Crippen MR) is 99.1 cm³/mol. The first-order valence-corrected chi connectivity index (χ1v) is 8.65. The quantitative estimate of drug-likeness (QED) is 0.596. The van der Waals surface area contributed by atoms with Crippen molar-refractivity contribution in [3.8, 4) is 23.0 Å². The minimum Gasteiger partial charge on any atom is -0.497 e. The first-order chi connectivity index (χ1) is 12.3. The maximum Gasteiger partial charge on any atom is 0.161 e. The fourth-order valence-corrected chi connectivity index (χ4v) is 2.26. The Balaban J connectivity index is 1.53. The lowest BCUT2D eigenvalue weighted by Gasteiger charge is -2.12. The summed E-state index contributed by atoms with van der Waals surface area (Å²) in [7, 11) is 1.65. The molecule has 0 aromatic heterocycles. The fourth-order valence-electron chi connectivity index (χ4n) is 2.26. The van der Waals surface area contributed by atoms with Crippen LogP contribution in [0.1, 0.15) is 13.3 Å². The minimum atomic E-state index is 0.601. The van der Waals surface area contributed by atoms with Crippen molar-refractivity contribution in [2.45, 2.75) is 13.3 Å². The van der Waals surface area contributed by atoms with Gasteiger partial charge in [0.25, 0.3) is 0 Å². The summed E-state index contributed by atoms with van der Waals surface area (Å²) >= 11 is 0. The van der Waals surface area contributed by atoms with E-state index in [0.29, 0.717) is 19.8 Å². The lowest BCUT2D eigenvalue weighted by molar-refractivity contribution is 0.272. The zero-order valence-corrected chi connectivity index (χ0v) is 15.0. The molecule has 0 spiro atoms. The van der Waals surface area contributed by atoms with Gasteiger partial charge in [0.15, 0.2) is 11.5 Å². The third-order valence-electron chi connectivity index (χ3n) is 3.51. The van der Waals surface area contributed by atoms with Crippen LogP contribution < -0.4 is 24.3 Å². The van der Waals surface area contributed by atoms with E-state index < -0.39 is 0 Å². The molecular weight excluding hydrogens is 318 g/mol. The molecule has 0 saturated heterocycles. The van der Waals surface area contributed by atoms with Crippen LogP contribution in [0.4, 0.5) is 0 Å². The number of hydrogen-bond donors (Lipinski definition) is 1. The van der Waals surface area contributed by atoms with Crippen molar-refractivity contribution < 1.29 is 18.9 Å². The molecule has 5 nitrogen and oxygen atoms in total. The van der Waals surface area contributed by atoms with Crippen molar-refractivity contribution in [2.75, 3.05) is 40.0 Å². The lowest BCUT2D eigenvalue weighted by atomic mass is 10.3. The second-order valence-electron chi connectivity index (χ2n) is 5.36. The van der Waals surface area contributed by atoms with Gasteiger partial charge in [0.05, 0.1) is 20.3 Å². The van der Waals surface area contributed by atoms with E-state index in [-0.39, 0.29) is 0 Å². The maximum absolute atomic E-state index is 5.76. The highest BCUT2D eigenvalue weighted by Gasteiger charge is 2.02. The van der Waals surface area contributed by atoms with Gasteiger partial charge in [-0.15, -0.1) is 0 Å². The number of benzene rings is 2. The molecule has 136 valence electrons. The molecule has 0 atom stereocenters. The molecule has 0 amide bonds. The summed E-state index contributed by atoms with van der Waals surface area (Å²) in [5, 5.41) is 3.35. The van der Waals surface area contributed by atoms with Gasteiger partial charge >= 0.3 is 0 Å². The van der Waals surface area contributed by atoms with E-state index in [9.17, 15) is 0 Å². The third-order valence-corrected chi connectivity index (χ3v) is 3.51. The van der Waals surface area contributed by atoms with E-state index in [1.54, 1.807) is 7.11 Å². The van der Waals surface area contributed by atoms with Gasteiger partial charge in [-0.3, -0.25) is 0 Å². The Kier molecular flexibility index (Phi) is 8.49. The molecule has 0 radical (unpaired) electrons. The summed E-state index contributed by atoms with van der Waals surface area (Å²) in [4.78, 5) is 0. The number of methoxy groups -OCH3 is 1. The molecular formula is C20H27NO4. The molecule has 0 fully saturated rings. The zero-order valence-electron chi connectivity index (χ0n) is 15.0. The third kappa shape index (κ3) is 6.93. The van der Waals surface area contributed by atoms with E-state index in [1.807, 2.05) is 55.5 Å². The van der Waals surface area contributed by atoms with Gasteiger partial charge in [0.2, 0.25) is 0 Å². The highest BCUT2D eigenvalue weighted by atomic mass is 16.5.